The Labute approximate surface area is 117 Å². The van der Waals surface area contributed by atoms with Crippen LogP contribution in [0.25, 0.3) is 0 Å². The Bertz CT molecular complexity index is 403. The summed E-state index contributed by atoms with van der Waals surface area (Å²) in [6.45, 7) is 2.81. The molecule has 100 valence electrons. The van der Waals surface area contributed by atoms with Crippen molar-refractivity contribution < 1.29 is 4.79 Å². The van der Waals surface area contributed by atoms with Crippen LogP contribution in [0.3, 0.4) is 0 Å². The van der Waals surface area contributed by atoms with Crippen LogP contribution < -0.4 is 5.32 Å². The number of amides is 1. The lowest BCUT2D eigenvalue weighted by molar-refractivity contribution is 0.0676. The second kappa shape index (κ2) is 6.59. The Balaban J connectivity index is 2.04. The van der Waals surface area contributed by atoms with E-state index in [4.69, 9.17) is 0 Å². The first kappa shape index (κ1) is 13.9. The lowest BCUT2D eigenvalue weighted by atomic mass is 9.98. The van der Waals surface area contributed by atoms with Crippen LogP contribution in [0.4, 0.5) is 0 Å². The number of hydrogen-bond acceptors (Lipinski definition) is 4. The molecule has 1 aromatic rings. The number of likely N-dealkylation sites (tertiary alicyclic amines) is 1. The third-order valence-corrected chi connectivity index (χ3v) is 5.15. The zero-order valence-electron chi connectivity index (χ0n) is 10.9. The molecule has 1 fully saturated rings. The highest BCUT2D eigenvalue weighted by atomic mass is 32.2. The van der Waals surface area contributed by atoms with Gasteiger partial charge in [-0.3, -0.25) is 4.79 Å². The highest BCUT2D eigenvalue weighted by Crippen LogP contribution is 2.28. The maximum absolute atomic E-state index is 12.5. The van der Waals surface area contributed by atoms with Gasteiger partial charge < -0.3 is 10.2 Å². The van der Waals surface area contributed by atoms with Crippen molar-refractivity contribution in [1.29, 1.82) is 0 Å². The van der Waals surface area contributed by atoms with Gasteiger partial charge in [-0.2, -0.15) is 0 Å². The van der Waals surface area contributed by atoms with Crippen LogP contribution in [0.1, 0.15) is 22.5 Å². The first-order valence-electron chi connectivity index (χ1n) is 6.31. The third-order valence-electron chi connectivity index (χ3n) is 3.34. The van der Waals surface area contributed by atoms with Crippen molar-refractivity contribution >= 4 is 29.0 Å². The fraction of sp³-hybridized carbons (Fsp3) is 0.615. The van der Waals surface area contributed by atoms with Crippen molar-refractivity contribution in [3.05, 3.63) is 16.3 Å². The number of nitrogens with one attached hydrogen (secondary N) is 1. The summed E-state index contributed by atoms with van der Waals surface area (Å²) in [5.41, 5.74) is 0. The Kier molecular flexibility index (Phi) is 5.09. The first-order chi connectivity index (χ1) is 8.76. The summed E-state index contributed by atoms with van der Waals surface area (Å²) >= 11 is 3.22. The molecule has 3 nitrogen and oxygen atoms in total. The predicted octanol–water partition coefficient (Wildman–Crippen LogP) is 2.54. The van der Waals surface area contributed by atoms with E-state index in [0.717, 1.165) is 35.8 Å². The van der Waals surface area contributed by atoms with Crippen molar-refractivity contribution in [2.45, 2.75) is 17.7 Å². The molecule has 2 heterocycles. The molecule has 1 atom stereocenters. The number of rotatable bonds is 4. The van der Waals surface area contributed by atoms with Gasteiger partial charge in [0, 0.05) is 18.0 Å². The maximum atomic E-state index is 12.5. The molecule has 1 aliphatic rings. The Morgan fingerprint density at radius 3 is 3.22 bits per heavy atom. The molecule has 0 radical (unpaired) electrons. The van der Waals surface area contributed by atoms with E-state index in [1.165, 1.54) is 6.42 Å². The van der Waals surface area contributed by atoms with E-state index in [1.807, 2.05) is 29.6 Å². The molecule has 0 aliphatic carbocycles. The molecular weight excluding hydrogens is 264 g/mol. The molecule has 0 aromatic carbocycles. The van der Waals surface area contributed by atoms with Crippen LogP contribution in [0, 0.1) is 5.92 Å². The molecule has 0 spiro atoms. The molecule has 1 unspecified atom stereocenters. The maximum Gasteiger partial charge on any atom is 0.265 e. The van der Waals surface area contributed by atoms with E-state index in [2.05, 4.69) is 5.32 Å². The van der Waals surface area contributed by atoms with Gasteiger partial charge in [-0.15, -0.1) is 23.1 Å². The van der Waals surface area contributed by atoms with Crippen LogP contribution in [0.5, 0.6) is 0 Å². The zero-order valence-corrected chi connectivity index (χ0v) is 12.6. The predicted molar refractivity (Wildman–Crippen MR) is 78.7 cm³/mol. The molecule has 0 bridgehead atoms. The minimum atomic E-state index is 0.218. The van der Waals surface area contributed by atoms with Crippen LogP contribution in [0.15, 0.2) is 16.3 Å². The second-order valence-corrected chi connectivity index (χ2v) is 6.40. The van der Waals surface area contributed by atoms with Crippen molar-refractivity contribution in [3.63, 3.8) is 0 Å². The average molecular weight is 284 g/mol. The summed E-state index contributed by atoms with van der Waals surface area (Å²) in [7, 11) is 1.98. The van der Waals surface area contributed by atoms with Gasteiger partial charge in [-0.05, 0) is 50.1 Å². The monoisotopic (exact) mass is 284 g/mol. The molecule has 1 amide bonds. The van der Waals surface area contributed by atoms with Crippen molar-refractivity contribution in [3.8, 4) is 0 Å². The van der Waals surface area contributed by atoms with Gasteiger partial charge in [-0.25, -0.2) is 0 Å². The first-order valence-corrected chi connectivity index (χ1v) is 8.42. The number of thioether (sulfide) groups is 1. The number of carbonyl (C=O) groups is 1. The normalized spacial score (nSPS) is 20.1. The fourth-order valence-corrected chi connectivity index (χ4v) is 4.17. The molecule has 2 rings (SSSR count). The number of carbonyl (C=O) groups excluding carboxylic acids is 1. The van der Waals surface area contributed by atoms with Crippen LogP contribution >= 0.6 is 23.1 Å². The molecule has 18 heavy (non-hydrogen) atoms. The highest BCUT2D eigenvalue weighted by Gasteiger charge is 2.25. The summed E-state index contributed by atoms with van der Waals surface area (Å²) in [5.74, 6) is 0.820. The molecular formula is C13H20N2OS2. The molecule has 0 saturated carbocycles. The molecule has 1 aliphatic heterocycles. The second-order valence-electron chi connectivity index (χ2n) is 4.64. The largest absolute Gasteiger partial charge is 0.338 e. The minimum Gasteiger partial charge on any atom is -0.338 e. The minimum absolute atomic E-state index is 0.218. The van der Waals surface area contributed by atoms with Crippen LogP contribution in [-0.4, -0.2) is 43.7 Å². The number of hydrogen-bond donors (Lipinski definition) is 1. The van der Waals surface area contributed by atoms with Crippen molar-refractivity contribution in [2.24, 2.45) is 5.92 Å². The Morgan fingerprint density at radius 2 is 2.50 bits per heavy atom. The lowest BCUT2D eigenvalue weighted by Crippen LogP contribution is -2.42. The summed E-state index contributed by atoms with van der Waals surface area (Å²) < 4.78 is 0. The molecule has 1 saturated heterocycles. The van der Waals surface area contributed by atoms with Crippen LogP contribution in [-0.2, 0) is 0 Å². The van der Waals surface area contributed by atoms with Crippen molar-refractivity contribution in [2.75, 3.05) is 32.9 Å². The average Bonchev–Trinajstić information content (AvgIpc) is 2.87. The van der Waals surface area contributed by atoms with E-state index in [9.17, 15) is 4.79 Å². The van der Waals surface area contributed by atoms with Gasteiger partial charge in [0.1, 0.15) is 4.88 Å². The molecule has 1 aromatic heterocycles. The summed E-state index contributed by atoms with van der Waals surface area (Å²) in [4.78, 5) is 16.5. The number of thiophene rings is 1. The van der Waals surface area contributed by atoms with Gasteiger partial charge in [0.2, 0.25) is 0 Å². The standard InChI is InChI=1S/C13H20N2OS2/c1-14-8-10-4-3-6-15(9-10)13(16)12-11(17-2)5-7-18-12/h5,7,10,14H,3-4,6,8-9H2,1-2H3. The van der Waals surface area contributed by atoms with Gasteiger partial charge in [0.05, 0.1) is 0 Å². The highest BCUT2D eigenvalue weighted by molar-refractivity contribution is 7.98. The summed E-state index contributed by atoms with van der Waals surface area (Å²) in [5, 5.41) is 5.22. The summed E-state index contributed by atoms with van der Waals surface area (Å²) in [6.07, 6.45) is 4.38. The van der Waals surface area contributed by atoms with E-state index < -0.39 is 0 Å². The van der Waals surface area contributed by atoms with E-state index in [0.29, 0.717) is 5.92 Å². The van der Waals surface area contributed by atoms with Crippen molar-refractivity contribution in [1.82, 2.24) is 10.2 Å². The smallest absolute Gasteiger partial charge is 0.265 e. The zero-order chi connectivity index (χ0) is 13.0. The van der Waals surface area contributed by atoms with Gasteiger partial charge in [-0.1, -0.05) is 0 Å². The van der Waals surface area contributed by atoms with Crippen LogP contribution in [0.2, 0.25) is 0 Å². The lowest BCUT2D eigenvalue weighted by Gasteiger charge is -2.32. The van der Waals surface area contributed by atoms with Gasteiger partial charge >= 0.3 is 0 Å². The fourth-order valence-electron chi connectivity index (χ4n) is 2.46. The van der Waals surface area contributed by atoms with E-state index in [-0.39, 0.29) is 5.91 Å². The SMILES string of the molecule is CNCC1CCCN(C(=O)c2sccc2SC)C1. The molecule has 5 heteroatoms. The number of nitrogens with zero attached hydrogens (tertiary/aromatic N) is 1. The topological polar surface area (TPSA) is 32.3 Å². The Hall–Kier alpha value is -0.520. The Morgan fingerprint density at radius 1 is 1.67 bits per heavy atom. The summed E-state index contributed by atoms with van der Waals surface area (Å²) in [6, 6.07) is 2.04. The number of piperidine rings is 1. The quantitative estimate of drug-likeness (QED) is 0.862. The molecule has 1 N–H and O–H groups in total. The van der Waals surface area contributed by atoms with Gasteiger partial charge in [0.25, 0.3) is 5.91 Å². The van der Waals surface area contributed by atoms with E-state index >= 15 is 0 Å². The third kappa shape index (κ3) is 3.08. The van der Waals surface area contributed by atoms with E-state index in [1.54, 1.807) is 23.1 Å². The van der Waals surface area contributed by atoms with Gasteiger partial charge in [0.15, 0.2) is 0 Å².